The van der Waals surface area contributed by atoms with Crippen LogP contribution in [0.1, 0.15) is 47.6 Å². The van der Waals surface area contributed by atoms with E-state index in [0.717, 1.165) is 27.8 Å². The number of phenols is 3. The van der Waals surface area contributed by atoms with Crippen LogP contribution < -0.4 is 0 Å². The number of rotatable bonds is 5. The van der Waals surface area contributed by atoms with Crippen molar-refractivity contribution in [3.8, 4) is 17.2 Å². The Balaban J connectivity index is 1.78. The van der Waals surface area contributed by atoms with Crippen molar-refractivity contribution in [2.45, 2.75) is 25.2 Å². The first kappa shape index (κ1) is 24.3. The zero-order chi connectivity index (χ0) is 24.6. The lowest BCUT2D eigenvalue weighted by atomic mass is 9.77. The van der Waals surface area contributed by atoms with Gasteiger partial charge in [-0.1, -0.05) is 91.1 Å². The van der Waals surface area contributed by atoms with E-state index >= 15 is 0 Å². The molecule has 0 heterocycles. The van der Waals surface area contributed by atoms with E-state index in [9.17, 15) is 15.3 Å². The first-order valence-corrected chi connectivity index (χ1v) is 11.8. The highest BCUT2D eigenvalue weighted by molar-refractivity contribution is 6.32. The molecule has 4 rings (SSSR count). The van der Waals surface area contributed by atoms with Crippen molar-refractivity contribution in [1.82, 2.24) is 0 Å². The van der Waals surface area contributed by atoms with Crippen LogP contribution in [-0.4, -0.2) is 15.3 Å². The largest absolute Gasteiger partial charge is 0.506 e. The molecule has 0 aliphatic carbocycles. The first-order chi connectivity index (χ1) is 16.1. The Kier molecular flexibility index (Phi) is 6.73. The highest BCUT2D eigenvalue weighted by Gasteiger charge is 2.25. The van der Waals surface area contributed by atoms with Crippen molar-refractivity contribution in [1.29, 1.82) is 0 Å². The molecular weight excluding hydrogens is 491 g/mol. The van der Waals surface area contributed by atoms with E-state index in [1.807, 2.05) is 30.3 Å². The zero-order valence-electron chi connectivity index (χ0n) is 18.6. The van der Waals surface area contributed by atoms with E-state index in [0.29, 0.717) is 5.02 Å². The van der Waals surface area contributed by atoms with Crippen LogP contribution in [0.2, 0.25) is 15.1 Å². The molecule has 0 spiro atoms. The van der Waals surface area contributed by atoms with Crippen LogP contribution in [0.15, 0.2) is 78.9 Å². The first-order valence-electron chi connectivity index (χ1n) is 10.6. The Morgan fingerprint density at radius 3 is 1.35 bits per heavy atom. The molecule has 174 valence electrons. The molecule has 0 aliphatic rings. The van der Waals surface area contributed by atoms with Gasteiger partial charge in [0.25, 0.3) is 0 Å². The van der Waals surface area contributed by atoms with Gasteiger partial charge in [0, 0.05) is 11.3 Å². The summed E-state index contributed by atoms with van der Waals surface area (Å²) in [5, 5.41) is 30.4. The molecule has 0 fully saturated rings. The van der Waals surface area contributed by atoms with Gasteiger partial charge in [-0.25, -0.2) is 0 Å². The topological polar surface area (TPSA) is 60.7 Å². The summed E-state index contributed by atoms with van der Waals surface area (Å²) in [7, 11) is 0. The second-order valence-corrected chi connectivity index (χ2v) is 9.99. The van der Waals surface area contributed by atoms with Gasteiger partial charge in [0.15, 0.2) is 0 Å². The molecule has 3 nitrogen and oxygen atoms in total. The average molecular weight is 514 g/mol. The summed E-state index contributed by atoms with van der Waals surface area (Å²) in [6.45, 7) is 4.20. The van der Waals surface area contributed by atoms with Gasteiger partial charge in [0.1, 0.15) is 17.2 Å². The molecule has 6 heteroatoms. The number of benzene rings is 4. The fourth-order valence-corrected chi connectivity index (χ4v) is 4.70. The molecule has 0 radical (unpaired) electrons. The van der Waals surface area contributed by atoms with Crippen LogP contribution in [0.5, 0.6) is 17.2 Å². The van der Waals surface area contributed by atoms with Crippen LogP contribution in [-0.2, 0) is 5.41 Å². The van der Waals surface area contributed by atoms with Gasteiger partial charge < -0.3 is 15.3 Å². The summed E-state index contributed by atoms with van der Waals surface area (Å²) in [6.07, 6.45) is 0. The number of halogens is 3. The van der Waals surface area contributed by atoms with Gasteiger partial charge in [-0.05, 0) is 64.2 Å². The van der Waals surface area contributed by atoms with Crippen molar-refractivity contribution in [3.63, 3.8) is 0 Å². The Hall–Kier alpha value is -2.85. The van der Waals surface area contributed by atoms with Gasteiger partial charge in [-0.3, -0.25) is 0 Å². The van der Waals surface area contributed by atoms with Crippen LogP contribution >= 0.6 is 34.8 Å². The molecule has 0 saturated carbocycles. The van der Waals surface area contributed by atoms with Crippen LogP contribution in [0.3, 0.4) is 0 Å². The monoisotopic (exact) mass is 512 g/mol. The van der Waals surface area contributed by atoms with Gasteiger partial charge in [-0.15, -0.1) is 0 Å². The molecule has 0 atom stereocenters. The number of hydrogen-bond acceptors (Lipinski definition) is 3. The molecule has 4 aromatic rings. The predicted octanol–water partition coefficient (Wildman–Crippen LogP) is 8.27. The Morgan fingerprint density at radius 1 is 0.529 bits per heavy atom. The zero-order valence-corrected chi connectivity index (χ0v) is 20.8. The van der Waals surface area contributed by atoms with Gasteiger partial charge in [0.2, 0.25) is 0 Å². The summed E-state index contributed by atoms with van der Waals surface area (Å²) >= 11 is 18.6. The number of phenolic OH excluding ortho intramolecular Hbond substituents is 3. The van der Waals surface area contributed by atoms with Crippen molar-refractivity contribution in [2.24, 2.45) is 0 Å². The van der Waals surface area contributed by atoms with E-state index < -0.39 is 0 Å². The predicted molar refractivity (Wildman–Crippen MR) is 139 cm³/mol. The Bertz CT molecular complexity index is 1300. The maximum absolute atomic E-state index is 9.91. The number of hydrogen-bond donors (Lipinski definition) is 3. The van der Waals surface area contributed by atoms with E-state index in [-0.39, 0.29) is 38.6 Å². The lowest BCUT2D eigenvalue weighted by molar-refractivity contribution is 0.474. The van der Waals surface area contributed by atoms with Crippen molar-refractivity contribution in [3.05, 3.63) is 122 Å². The smallest absolute Gasteiger partial charge is 0.134 e. The molecule has 0 saturated heterocycles. The molecule has 0 unspecified atom stereocenters. The third-order valence-electron chi connectivity index (χ3n) is 6.25. The van der Waals surface area contributed by atoms with Crippen molar-refractivity contribution >= 4 is 34.8 Å². The van der Waals surface area contributed by atoms with Gasteiger partial charge in [0.05, 0.1) is 15.1 Å². The molecule has 0 amide bonds. The van der Waals surface area contributed by atoms with E-state index in [1.165, 1.54) is 0 Å². The van der Waals surface area contributed by atoms with Crippen LogP contribution in [0.4, 0.5) is 0 Å². The third-order valence-corrected chi connectivity index (χ3v) is 7.15. The van der Waals surface area contributed by atoms with Crippen molar-refractivity contribution < 1.29 is 15.3 Å². The molecule has 0 aromatic heterocycles. The van der Waals surface area contributed by atoms with E-state index in [2.05, 4.69) is 26.0 Å². The fourth-order valence-electron chi connectivity index (χ4n) is 4.14. The minimum Gasteiger partial charge on any atom is -0.506 e. The molecule has 3 N–H and O–H groups in total. The van der Waals surface area contributed by atoms with Gasteiger partial charge >= 0.3 is 0 Å². The van der Waals surface area contributed by atoms with E-state index in [1.54, 1.807) is 36.4 Å². The fraction of sp³-hybridized carbons (Fsp3) is 0.143. The normalized spacial score (nSPS) is 11.7. The summed E-state index contributed by atoms with van der Waals surface area (Å²) < 4.78 is 0. The molecular formula is C28H23Cl3O3. The van der Waals surface area contributed by atoms with Crippen molar-refractivity contribution in [2.75, 3.05) is 0 Å². The molecule has 0 aliphatic heterocycles. The Labute approximate surface area is 213 Å². The quantitative estimate of drug-likeness (QED) is 0.235. The molecule has 4 aromatic carbocycles. The SMILES string of the molecule is CC(C)(c1ccc(C(c2ccc(O)c(Cl)c2)c2ccc(O)c(Cl)c2)cc1)c1ccc(O)c(Cl)c1. The lowest BCUT2D eigenvalue weighted by Gasteiger charge is -2.27. The molecule has 0 bridgehead atoms. The maximum Gasteiger partial charge on any atom is 0.134 e. The number of aromatic hydroxyl groups is 3. The summed E-state index contributed by atoms with van der Waals surface area (Å²) in [5.74, 6) is -0.147. The van der Waals surface area contributed by atoms with Gasteiger partial charge in [-0.2, -0.15) is 0 Å². The minimum absolute atomic E-state index is 0.0116. The summed E-state index contributed by atoms with van der Waals surface area (Å²) in [5.41, 5.74) is 4.45. The van der Waals surface area contributed by atoms with Crippen LogP contribution in [0, 0.1) is 0 Å². The summed E-state index contributed by atoms with van der Waals surface area (Å²) in [6, 6.07) is 23.7. The maximum atomic E-state index is 9.91. The lowest BCUT2D eigenvalue weighted by Crippen LogP contribution is -2.19. The van der Waals surface area contributed by atoms with Crippen LogP contribution in [0.25, 0.3) is 0 Å². The third kappa shape index (κ3) is 4.69. The Morgan fingerprint density at radius 2 is 0.912 bits per heavy atom. The highest BCUT2D eigenvalue weighted by atomic mass is 35.5. The van der Waals surface area contributed by atoms with E-state index in [4.69, 9.17) is 34.8 Å². The second kappa shape index (κ2) is 9.42. The molecule has 34 heavy (non-hydrogen) atoms. The average Bonchev–Trinajstić information content (AvgIpc) is 2.81. The second-order valence-electron chi connectivity index (χ2n) is 8.77. The summed E-state index contributed by atoms with van der Waals surface area (Å²) in [4.78, 5) is 0. The minimum atomic E-state index is -0.352. The standard InChI is InChI=1S/C28H23Cl3O3/c1-28(2,20-9-12-26(34)23(31)15-20)19-7-3-16(4-8-19)27(17-5-10-24(32)21(29)13-17)18-6-11-25(33)22(30)14-18/h3-15,27,32-34H,1-2H3. The highest BCUT2D eigenvalue weighted by Crippen LogP contribution is 2.40.